The second-order valence-electron chi connectivity index (χ2n) is 5.18. The number of rotatable bonds is 1. The minimum absolute atomic E-state index is 0.152. The van der Waals surface area contributed by atoms with E-state index in [0.717, 1.165) is 36.2 Å². The van der Waals surface area contributed by atoms with Gasteiger partial charge in [-0.2, -0.15) is 0 Å². The summed E-state index contributed by atoms with van der Waals surface area (Å²) in [7, 11) is 0. The van der Waals surface area contributed by atoms with E-state index in [1.165, 1.54) is 0 Å². The monoisotopic (exact) mass is 250 g/mol. The van der Waals surface area contributed by atoms with Gasteiger partial charge in [0.25, 0.3) is 5.91 Å². The van der Waals surface area contributed by atoms with Crippen LogP contribution >= 0.6 is 0 Å². The summed E-state index contributed by atoms with van der Waals surface area (Å²) < 4.78 is 0. The van der Waals surface area contributed by atoms with Gasteiger partial charge in [-0.05, 0) is 36.6 Å². The molecule has 19 heavy (non-hydrogen) atoms. The quantitative estimate of drug-likeness (QED) is 0.779. The Bertz CT molecular complexity index is 653. The summed E-state index contributed by atoms with van der Waals surface area (Å²) >= 11 is 0. The van der Waals surface area contributed by atoms with Gasteiger partial charge in [0.15, 0.2) is 0 Å². The largest absolute Gasteiger partial charge is 0.323 e. The van der Waals surface area contributed by atoms with E-state index >= 15 is 0 Å². The number of carbonyl (C=O) groups is 1. The first-order valence-electron chi connectivity index (χ1n) is 6.67. The zero-order valence-electron chi connectivity index (χ0n) is 10.5. The zero-order chi connectivity index (χ0) is 12.9. The van der Waals surface area contributed by atoms with Crippen LogP contribution in [0.3, 0.4) is 0 Å². The number of pyridine rings is 1. The molecule has 2 aromatic rings. The average Bonchev–Trinajstić information content (AvgIpc) is 3.01. The summed E-state index contributed by atoms with van der Waals surface area (Å²) in [5.41, 5.74) is 2.63. The summed E-state index contributed by atoms with van der Waals surface area (Å²) in [6.45, 7) is 0.823. The average molecular weight is 250 g/mol. The molecule has 94 valence electrons. The van der Waals surface area contributed by atoms with Gasteiger partial charge in [0.05, 0.1) is 5.69 Å². The van der Waals surface area contributed by atoms with E-state index in [2.05, 4.69) is 11.1 Å². The summed E-state index contributed by atoms with van der Waals surface area (Å²) in [4.78, 5) is 19.1. The Balaban J connectivity index is 2.02. The molecule has 1 unspecified atom stereocenters. The van der Waals surface area contributed by atoms with Crippen molar-refractivity contribution in [3.05, 3.63) is 65.5 Å². The number of aromatic nitrogens is 1. The van der Waals surface area contributed by atoms with Gasteiger partial charge < -0.3 is 4.90 Å². The molecule has 1 amide bonds. The van der Waals surface area contributed by atoms with Crippen molar-refractivity contribution < 1.29 is 4.79 Å². The van der Waals surface area contributed by atoms with Gasteiger partial charge >= 0.3 is 0 Å². The molecule has 4 rings (SSSR count). The Morgan fingerprint density at radius 3 is 2.79 bits per heavy atom. The smallest absolute Gasteiger partial charge is 0.255 e. The summed E-state index contributed by atoms with van der Waals surface area (Å²) in [6.07, 6.45) is 3.81. The van der Waals surface area contributed by atoms with E-state index in [0.29, 0.717) is 0 Å². The fraction of sp³-hybridized carbons (Fsp3) is 0.250. The van der Waals surface area contributed by atoms with Crippen LogP contribution in [0.15, 0.2) is 48.7 Å². The lowest BCUT2D eigenvalue weighted by atomic mass is 9.84. The molecule has 1 aromatic carbocycles. The molecule has 2 aliphatic rings. The second kappa shape index (κ2) is 3.67. The fourth-order valence-corrected chi connectivity index (χ4v) is 3.56. The lowest BCUT2D eigenvalue weighted by Gasteiger charge is -2.32. The highest BCUT2D eigenvalue weighted by Crippen LogP contribution is 2.49. The minimum Gasteiger partial charge on any atom is -0.323 e. The normalized spacial score (nSPS) is 24.4. The van der Waals surface area contributed by atoms with Crippen molar-refractivity contribution >= 4 is 5.91 Å². The second-order valence-corrected chi connectivity index (χ2v) is 5.18. The standard InChI is InChI=1S/C16H14N2O/c19-15-12-6-1-2-7-13(12)16(9-5-11-18(15)16)14-8-3-4-10-17-14/h1-4,6-8,10H,5,9,11H2. The summed E-state index contributed by atoms with van der Waals surface area (Å²) in [5.74, 6) is 0.152. The molecule has 0 radical (unpaired) electrons. The molecule has 0 saturated carbocycles. The Morgan fingerprint density at radius 1 is 1.11 bits per heavy atom. The van der Waals surface area contributed by atoms with Gasteiger partial charge in [-0.3, -0.25) is 9.78 Å². The van der Waals surface area contributed by atoms with E-state index in [1.807, 2.05) is 47.5 Å². The molecule has 2 aliphatic heterocycles. The predicted octanol–water partition coefficient (Wildman–Crippen LogP) is 2.57. The van der Waals surface area contributed by atoms with Crippen molar-refractivity contribution in [1.82, 2.24) is 9.88 Å². The Labute approximate surface area is 111 Å². The number of nitrogens with zero attached hydrogens (tertiary/aromatic N) is 2. The van der Waals surface area contributed by atoms with Gasteiger partial charge in [-0.1, -0.05) is 24.3 Å². The van der Waals surface area contributed by atoms with Crippen LogP contribution in [0.5, 0.6) is 0 Å². The van der Waals surface area contributed by atoms with Crippen molar-refractivity contribution in [3.63, 3.8) is 0 Å². The molecule has 1 atom stereocenters. The lowest BCUT2D eigenvalue weighted by molar-refractivity contribution is 0.0707. The number of benzene rings is 1. The van der Waals surface area contributed by atoms with Crippen molar-refractivity contribution in [1.29, 1.82) is 0 Å². The maximum Gasteiger partial charge on any atom is 0.255 e. The molecule has 3 nitrogen and oxygen atoms in total. The molecular weight excluding hydrogens is 236 g/mol. The third-order valence-electron chi connectivity index (χ3n) is 4.32. The highest BCUT2D eigenvalue weighted by Gasteiger charge is 2.53. The van der Waals surface area contributed by atoms with Crippen molar-refractivity contribution in [3.8, 4) is 0 Å². The number of fused-ring (bicyclic) bond motifs is 3. The number of hydrogen-bond donors (Lipinski definition) is 0. The van der Waals surface area contributed by atoms with Crippen LogP contribution in [0, 0.1) is 0 Å². The van der Waals surface area contributed by atoms with Crippen LogP contribution in [-0.2, 0) is 5.54 Å². The van der Waals surface area contributed by atoms with Gasteiger partial charge in [-0.15, -0.1) is 0 Å². The molecule has 0 aliphatic carbocycles. The molecule has 0 N–H and O–H groups in total. The molecule has 0 bridgehead atoms. The van der Waals surface area contributed by atoms with E-state index in [1.54, 1.807) is 0 Å². The molecule has 3 heteroatoms. The highest BCUT2D eigenvalue weighted by molar-refractivity contribution is 6.01. The summed E-state index contributed by atoms with van der Waals surface area (Å²) in [6, 6.07) is 13.9. The molecular formula is C16H14N2O. The van der Waals surface area contributed by atoms with Gasteiger partial charge in [0.2, 0.25) is 0 Å². The Kier molecular flexibility index (Phi) is 2.07. The lowest BCUT2D eigenvalue weighted by Crippen LogP contribution is -2.40. The number of amides is 1. The SMILES string of the molecule is O=C1c2ccccc2C2(c3ccccn3)CCCN12. The van der Waals surface area contributed by atoms with Crippen molar-refractivity contribution in [2.75, 3.05) is 6.54 Å². The van der Waals surface area contributed by atoms with Crippen molar-refractivity contribution in [2.45, 2.75) is 18.4 Å². The van der Waals surface area contributed by atoms with E-state index in [9.17, 15) is 4.79 Å². The van der Waals surface area contributed by atoms with Gasteiger partial charge in [0.1, 0.15) is 5.54 Å². The maximum atomic E-state index is 12.6. The third kappa shape index (κ3) is 1.22. The van der Waals surface area contributed by atoms with Crippen LogP contribution in [0.1, 0.15) is 34.5 Å². The topological polar surface area (TPSA) is 33.2 Å². The Morgan fingerprint density at radius 2 is 1.95 bits per heavy atom. The summed E-state index contributed by atoms with van der Waals surface area (Å²) in [5, 5.41) is 0. The highest BCUT2D eigenvalue weighted by atomic mass is 16.2. The number of carbonyl (C=O) groups excluding carboxylic acids is 1. The van der Waals surface area contributed by atoms with Gasteiger partial charge in [0, 0.05) is 18.3 Å². The van der Waals surface area contributed by atoms with Gasteiger partial charge in [-0.25, -0.2) is 0 Å². The van der Waals surface area contributed by atoms with Crippen LogP contribution < -0.4 is 0 Å². The first-order chi connectivity index (χ1) is 9.34. The molecule has 1 fully saturated rings. The van der Waals surface area contributed by atoms with E-state index in [-0.39, 0.29) is 11.4 Å². The molecule has 1 aromatic heterocycles. The Hall–Kier alpha value is -2.16. The first-order valence-corrected chi connectivity index (χ1v) is 6.67. The minimum atomic E-state index is -0.324. The molecule has 0 spiro atoms. The number of hydrogen-bond acceptors (Lipinski definition) is 2. The van der Waals surface area contributed by atoms with Crippen LogP contribution in [0.25, 0.3) is 0 Å². The zero-order valence-corrected chi connectivity index (χ0v) is 10.5. The fourth-order valence-electron chi connectivity index (χ4n) is 3.56. The molecule has 3 heterocycles. The predicted molar refractivity (Wildman–Crippen MR) is 71.7 cm³/mol. The van der Waals surface area contributed by atoms with E-state index in [4.69, 9.17) is 0 Å². The van der Waals surface area contributed by atoms with E-state index < -0.39 is 0 Å². The van der Waals surface area contributed by atoms with Crippen LogP contribution in [-0.4, -0.2) is 22.3 Å². The maximum absolute atomic E-state index is 12.6. The van der Waals surface area contributed by atoms with Crippen molar-refractivity contribution in [2.24, 2.45) is 0 Å². The molecule has 1 saturated heterocycles. The van der Waals surface area contributed by atoms with Crippen LogP contribution in [0.4, 0.5) is 0 Å². The first kappa shape index (κ1) is 10.7. The third-order valence-corrected chi connectivity index (χ3v) is 4.32. The van der Waals surface area contributed by atoms with Crippen LogP contribution in [0.2, 0.25) is 0 Å².